The maximum absolute atomic E-state index is 5.60. The van der Waals surface area contributed by atoms with Gasteiger partial charge in [0.2, 0.25) is 5.95 Å². The molecule has 88 valence electrons. The number of aromatic nitrogens is 3. The Bertz CT molecular complexity index is 650. The minimum Gasteiger partial charge on any atom is -0.463 e. The number of furan rings is 1. The van der Waals surface area contributed by atoms with Crippen molar-refractivity contribution in [1.29, 1.82) is 0 Å². The van der Waals surface area contributed by atoms with Gasteiger partial charge in [-0.1, -0.05) is 30.3 Å². The van der Waals surface area contributed by atoms with Crippen molar-refractivity contribution in [2.24, 2.45) is 0 Å². The topological polar surface area (TPSA) is 77.8 Å². The van der Waals surface area contributed by atoms with Crippen molar-refractivity contribution in [2.75, 3.05) is 5.73 Å². The van der Waals surface area contributed by atoms with Crippen LogP contribution in [-0.4, -0.2) is 15.2 Å². The summed E-state index contributed by atoms with van der Waals surface area (Å²) in [7, 11) is 0. The van der Waals surface area contributed by atoms with E-state index in [4.69, 9.17) is 10.2 Å². The molecule has 2 aromatic heterocycles. The van der Waals surface area contributed by atoms with Crippen LogP contribution in [0.1, 0.15) is 0 Å². The van der Waals surface area contributed by atoms with Crippen molar-refractivity contribution >= 4 is 5.95 Å². The Morgan fingerprint density at radius 2 is 1.72 bits per heavy atom. The number of hydrogen-bond acceptors (Lipinski definition) is 5. The predicted octanol–water partition coefficient (Wildman–Crippen LogP) is 2.38. The van der Waals surface area contributed by atoms with E-state index in [9.17, 15) is 0 Å². The Hall–Kier alpha value is -2.69. The second kappa shape index (κ2) is 4.29. The molecule has 0 atom stereocenters. The van der Waals surface area contributed by atoms with Gasteiger partial charge in [-0.15, -0.1) is 10.2 Å². The third-order valence-corrected chi connectivity index (χ3v) is 2.50. The van der Waals surface area contributed by atoms with Crippen molar-refractivity contribution in [3.63, 3.8) is 0 Å². The quantitative estimate of drug-likeness (QED) is 0.741. The van der Waals surface area contributed by atoms with Gasteiger partial charge in [-0.3, -0.25) is 0 Å². The molecule has 3 rings (SSSR count). The number of nitrogens with two attached hydrogens (primary N) is 1. The largest absolute Gasteiger partial charge is 0.463 e. The summed E-state index contributed by atoms with van der Waals surface area (Å²) in [5.41, 5.74) is 7.77. The molecule has 3 aromatic rings. The molecule has 0 aliphatic carbocycles. The van der Waals surface area contributed by atoms with Gasteiger partial charge in [-0.05, 0) is 12.1 Å². The summed E-state index contributed by atoms with van der Waals surface area (Å²) in [6.45, 7) is 0. The standard InChI is InChI=1S/C13H10N4O/c14-13-15-11(9-5-2-1-3-6-9)12(16-17-13)10-7-4-8-18-10/h1-8H,(H2,14,15,17). The molecule has 0 bridgehead atoms. The molecule has 0 spiro atoms. The Labute approximate surface area is 103 Å². The maximum atomic E-state index is 5.60. The number of anilines is 1. The number of hydrogen-bond donors (Lipinski definition) is 1. The third kappa shape index (κ3) is 1.82. The highest BCUT2D eigenvalue weighted by Gasteiger charge is 2.14. The molecular weight excluding hydrogens is 228 g/mol. The van der Waals surface area contributed by atoms with E-state index >= 15 is 0 Å². The van der Waals surface area contributed by atoms with E-state index in [2.05, 4.69) is 15.2 Å². The minimum atomic E-state index is 0.143. The number of nitrogen functional groups attached to an aromatic ring is 1. The highest BCUT2D eigenvalue weighted by molar-refractivity contribution is 5.75. The number of benzene rings is 1. The average molecular weight is 238 g/mol. The molecule has 5 heteroatoms. The van der Waals surface area contributed by atoms with E-state index < -0.39 is 0 Å². The molecule has 1 aromatic carbocycles. The van der Waals surface area contributed by atoms with Crippen molar-refractivity contribution in [3.05, 3.63) is 48.7 Å². The SMILES string of the molecule is Nc1nnc(-c2ccco2)c(-c2ccccc2)n1. The lowest BCUT2D eigenvalue weighted by Gasteiger charge is -2.05. The van der Waals surface area contributed by atoms with Crippen molar-refractivity contribution < 1.29 is 4.42 Å². The van der Waals surface area contributed by atoms with Gasteiger partial charge in [0.05, 0.1) is 6.26 Å². The predicted molar refractivity (Wildman–Crippen MR) is 67.4 cm³/mol. The van der Waals surface area contributed by atoms with Gasteiger partial charge in [0.1, 0.15) is 5.69 Å². The fraction of sp³-hybridized carbons (Fsp3) is 0. The first-order valence-corrected chi connectivity index (χ1v) is 5.44. The first-order chi connectivity index (χ1) is 8.84. The molecule has 5 nitrogen and oxygen atoms in total. The van der Waals surface area contributed by atoms with Crippen LogP contribution >= 0.6 is 0 Å². The summed E-state index contributed by atoms with van der Waals surface area (Å²) in [5, 5.41) is 7.84. The first kappa shape index (κ1) is 10.5. The molecule has 0 aliphatic rings. The van der Waals surface area contributed by atoms with Crippen LogP contribution in [0.3, 0.4) is 0 Å². The Kier molecular flexibility index (Phi) is 2.49. The zero-order valence-electron chi connectivity index (χ0n) is 9.45. The summed E-state index contributed by atoms with van der Waals surface area (Å²) in [6.07, 6.45) is 1.59. The molecule has 0 amide bonds. The van der Waals surface area contributed by atoms with E-state index in [1.807, 2.05) is 36.4 Å². The van der Waals surface area contributed by atoms with Crippen LogP contribution in [0.2, 0.25) is 0 Å². The van der Waals surface area contributed by atoms with Crippen molar-refractivity contribution in [3.8, 4) is 22.7 Å². The van der Waals surface area contributed by atoms with Gasteiger partial charge < -0.3 is 10.2 Å². The molecule has 0 radical (unpaired) electrons. The molecule has 0 saturated carbocycles. The summed E-state index contributed by atoms with van der Waals surface area (Å²) in [4.78, 5) is 4.24. The van der Waals surface area contributed by atoms with Crippen LogP contribution in [0, 0.1) is 0 Å². The van der Waals surface area contributed by atoms with Gasteiger partial charge in [0.25, 0.3) is 0 Å². The molecule has 18 heavy (non-hydrogen) atoms. The number of rotatable bonds is 2. The van der Waals surface area contributed by atoms with Crippen LogP contribution in [0.4, 0.5) is 5.95 Å². The summed E-state index contributed by atoms with van der Waals surface area (Å²) in [5.74, 6) is 0.762. The Balaban J connectivity index is 2.22. The first-order valence-electron chi connectivity index (χ1n) is 5.44. The van der Waals surface area contributed by atoms with Crippen LogP contribution in [-0.2, 0) is 0 Å². The van der Waals surface area contributed by atoms with Gasteiger partial charge in [0.15, 0.2) is 11.5 Å². The Morgan fingerprint density at radius 1 is 0.889 bits per heavy atom. The average Bonchev–Trinajstić information content (AvgIpc) is 2.93. The van der Waals surface area contributed by atoms with Crippen LogP contribution in [0.25, 0.3) is 22.7 Å². The second-order valence-corrected chi connectivity index (χ2v) is 3.71. The molecular formula is C13H10N4O. The minimum absolute atomic E-state index is 0.143. The van der Waals surface area contributed by atoms with E-state index in [0.29, 0.717) is 17.1 Å². The van der Waals surface area contributed by atoms with Crippen molar-refractivity contribution in [2.45, 2.75) is 0 Å². The lowest BCUT2D eigenvalue weighted by atomic mass is 10.1. The summed E-state index contributed by atoms with van der Waals surface area (Å²) in [6, 6.07) is 13.3. The highest BCUT2D eigenvalue weighted by Crippen LogP contribution is 2.28. The fourth-order valence-corrected chi connectivity index (χ4v) is 1.72. The van der Waals surface area contributed by atoms with E-state index in [1.54, 1.807) is 12.3 Å². The van der Waals surface area contributed by atoms with E-state index in [-0.39, 0.29) is 5.95 Å². The van der Waals surface area contributed by atoms with Gasteiger partial charge in [-0.25, -0.2) is 4.98 Å². The van der Waals surface area contributed by atoms with Gasteiger partial charge >= 0.3 is 0 Å². The monoisotopic (exact) mass is 238 g/mol. The lowest BCUT2D eigenvalue weighted by molar-refractivity contribution is 0.578. The fourth-order valence-electron chi connectivity index (χ4n) is 1.72. The smallest absolute Gasteiger partial charge is 0.240 e. The number of nitrogens with zero attached hydrogens (tertiary/aromatic N) is 3. The molecule has 2 N–H and O–H groups in total. The molecule has 2 heterocycles. The van der Waals surface area contributed by atoms with Crippen molar-refractivity contribution in [1.82, 2.24) is 15.2 Å². The normalized spacial score (nSPS) is 10.4. The van der Waals surface area contributed by atoms with Crippen LogP contribution < -0.4 is 5.73 Å². The van der Waals surface area contributed by atoms with Crippen LogP contribution in [0.15, 0.2) is 53.1 Å². The highest BCUT2D eigenvalue weighted by atomic mass is 16.3. The molecule has 0 unspecified atom stereocenters. The van der Waals surface area contributed by atoms with Crippen LogP contribution in [0.5, 0.6) is 0 Å². The lowest BCUT2D eigenvalue weighted by Crippen LogP contribution is -2.01. The van der Waals surface area contributed by atoms with Gasteiger partial charge in [0, 0.05) is 5.56 Å². The van der Waals surface area contributed by atoms with Gasteiger partial charge in [-0.2, -0.15) is 0 Å². The molecule has 0 fully saturated rings. The zero-order chi connectivity index (χ0) is 12.4. The van der Waals surface area contributed by atoms with E-state index in [0.717, 1.165) is 5.56 Å². The molecule has 0 saturated heterocycles. The third-order valence-electron chi connectivity index (χ3n) is 2.50. The summed E-state index contributed by atoms with van der Waals surface area (Å²) < 4.78 is 5.34. The second-order valence-electron chi connectivity index (χ2n) is 3.71. The van der Waals surface area contributed by atoms with E-state index in [1.165, 1.54) is 0 Å². The zero-order valence-corrected chi connectivity index (χ0v) is 9.45. The summed E-state index contributed by atoms with van der Waals surface area (Å²) >= 11 is 0. The Morgan fingerprint density at radius 3 is 2.44 bits per heavy atom. The molecule has 0 aliphatic heterocycles. The maximum Gasteiger partial charge on any atom is 0.240 e.